The van der Waals surface area contributed by atoms with Gasteiger partial charge in [0.1, 0.15) is 0 Å². The second kappa shape index (κ2) is 6.87. The summed E-state index contributed by atoms with van der Waals surface area (Å²) in [5.41, 5.74) is 6.33. The molecule has 2 amide bonds. The van der Waals surface area contributed by atoms with Crippen LogP contribution in [0, 0.1) is 0 Å². The standard InChI is InChI=1S/C15H15BrN2O2S/c1-9(2)10-7-8-21-13(10)15(20)18-17-14(19)11-5-3-4-6-12(11)16/h3-9H,1-2H3,(H,17,19)(H,18,20). The molecule has 0 bridgehead atoms. The van der Waals surface area contributed by atoms with Crippen molar-refractivity contribution in [2.45, 2.75) is 19.8 Å². The molecule has 2 N–H and O–H groups in total. The van der Waals surface area contributed by atoms with Crippen LogP contribution in [0.25, 0.3) is 0 Å². The van der Waals surface area contributed by atoms with Crippen molar-refractivity contribution >= 4 is 39.1 Å². The summed E-state index contributed by atoms with van der Waals surface area (Å²) in [6, 6.07) is 8.96. The van der Waals surface area contributed by atoms with Crippen LogP contribution in [-0.2, 0) is 0 Å². The quantitative estimate of drug-likeness (QED) is 0.813. The van der Waals surface area contributed by atoms with Gasteiger partial charge >= 0.3 is 0 Å². The maximum atomic E-state index is 12.1. The minimum Gasteiger partial charge on any atom is -0.267 e. The molecule has 4 nitrogen and oxygen atoms in total. The van der Waals surface area contributed by atoms with Crippen LogP contribution in [0.4, 0.5) is 0 Å². The lowest BCUT2D eigenvalue weighted by Gasteiger charge is -2.10. The summed E-state index contributed by atoms with van der Waals surface area (Å²) in [6.07, 6.45) is 0. The Morgan fingerprint density at radius 1 is 1.10 bits per heavy atom. The number of hydrazine groups is 1. The molecule has 0 aliphatic rings. The highest BCUT2D eigenvalue weighted by molar-refractivity contribution is 9.10. The summed E-state index contributed by atoms with van der Waals surface area (Å²) in [5.74, 6) is -0.399. The van der Waals surface area contributed by atoms with E-state index in [1.54, 1.807) is 18.2 Å². The number of amides is 2. The molecule has 0 unspecified atom stereocenters. The molecular weight excluding hydrogens is 352 g/mol. The van der Waals surface area contributed by atoms with Crippen LogP contribution in [0.15, 0.2) is 40.2 Å². The average molecular weight is 367 g/mol. The molecular formula is C15H15BrN2O2S. The lowest BCUT2D eigenvalue weighted by Crippen LogP contribution is -2.41. The van der Waals surface area contributed by atoms with Gasteiger partial charge in [-0.2, -0.15) is 0 Å². The third kappa shape index (κ3) is 3.71. The van der Waals surface area contributed by atoms with E-state index < -0.39 is 0 Å². The van der Waals surface area contributed by atoms with Gasteiger partial charge in [-0.15, -0.1) is 11.3 Å². The van der Waals surface area contributed by atoms with Gasteiger partial charge in [0, 0.05) is 4.47 Å². The number of benzene rings is 1. The van der Waals surface area contributed by atoms with E-state index in [1.807, 2.05) is 31.4 Å². The number of carbonyl (C=O) groups is 2. The first-order valence-corrected chi connectivity index (χ1v) is 8.10. The smallest absolute Gasteiger partial charge is 0.267 e. The first kappa shape index (κ1) is 15.7. The average Bonchev–Trinajstić information content (AvgIpc) is 2.94. The Labute approximate surface area is 135 Å². The summed E-state index contributed by atoms with van der Waals surface area (Å²) in [6.45, 7) is 4.05. The van der Waals surface area contributed by atoms with Gasteiger partial charge < -0.3 is 0 Å². The fourth-order valence-corrected chi connectivity index (χ4v) is 3.25. The monoisotopic (exact) mass is 366 g/mol. The van der Waals surface area contributed by atoms with Crippen LogP contribution in [0.5, 0.6) is 0 Å². The van der Waals surface area contributed by atoms with E-state index in [0.29, 0.717) is 14.9 Å². The molecule has 0 fully saturated rings. The molecule has 1 heterocycles. The van der Waals surface area contributed by atoms with Crippen LogP contribution in [-0.4, -0.2) is 11.8 Å². The largest absolute Gasteiger partial charge is 0.280 e. The topological polar surface area (TPSA) is 58.2 Å². The SMILES string of the molecule is CC(C)c1ccsc1C(=O)NNC(=O)c1ccccc1Br. The molecule has 0 atom stereocenters. The van der Waals surface area contributed by atoms with E-state index >= 15 is 0 Å². The van der Waals surface area contributed by atoms with Gasteiger partial charge in [-0.3, -0.25) is 20.4 Å². The van der Waals surface area contributed by atoms with Crippen molar-refractivity contribution in [1.82, 2.24) is 10.9 Å². The zero-order chi connectivity index (χ0) is 15.4. The van der Waals surface area contributed by atoms with Crippen LogP contribution in [0.2, 0.25) is 0 Å². The van der Waals surface area contributed by atoms with E-state index in [-0.39, 0.29) is 17.7 Å². The van der Waals surface area contributed by atoms with Crippen molar-refractivity contribution in [2.24, 2.45) is 0 Å². The van der Waals surface area contributed by atoms with Gasteiger partial charge in [-0.1, -0.05) is 26.0 Å². The lowest BCUT2D eigenvalue weighted by molar-refractivity contribution is 0.0848. The summed E-state index contributed by atoms with van der Waals surface area (Å²) >= 11 is 4.67. The minimum atomic E-state index is -0.363. The number of nitrogens with one attached hydrogen (secondary N) is 2. The molecule has 0 spiro atoms. The molecule has 0 aliphatic heterocycles. The predicted molar refractivity (Wildman–Crippen MR) is 87.5 cm³/mol. The summed E-state index contributed by atoms with van der Waals surface area (Å²) < 4.78 is 0.677. The summed E-state index contributed by atoms with van der Waals surface area (Å²) in [4.78, 5) is 24.8. The van der Waals surface area contributed by atoms with Crippen molar-refractivity contribution in [3.63, 3.8) is 0 Å². The highest BCUT2D eigenvalue weighted by Gasteiger charge is 2.16. The zero-order valence-electron chi connectivity index (χ0n) is 11.6. The molecule has 0 radical (unpaired) electrons. The first-order chi connectivity index (χ1) is 10.0. The van der Waals surface area contributed by atoms with E-state index in [4.69, 9.17) is 0 Å². The number of halogens is 1. The molecule has 1 aromatic heterocycles. The van der Waals surface area contributed by atoms with Crippen molar-refractivity contribution in [3.8, 4) is 0 Å². The Morgan fingerprint density at radius 2 is 1.76 bits per heavy atom. The fraction of sp³-hybridized carbons (Fsp3) is 0.200. The van der Waals surface area contributed by atoms with Gasteiger partial charge in [0.05, 0.1) is 10.4 Å². The minimum absolute atomic E-state index is 0.260. The van der Waals surface area contributed by atoms with Gasteiger partial charge in [0.15, 0.2) is 0 Å². The highest BCUT2D eigenvalue weighted by atomic mass is 79.9. The predicted octanol–water partition coefficient (Wildman–Crippen LogP) is 3.71. The van der Waals surface area contributed by atoms with E-state index in [0.717, 1.165) is 5.56 Å². The summed E-state index contributed by atoms with van der Waals surface area (Å²) in [5, 5.41) is 1.87. The third-order valence-corrected chi connectivity index (χ3v) is 4.55. The van der Waals surface area contributed by atoms with Crippen LogP contribution >= 0.6 is 27.3 Å². The molecule has 21 heavy (non-hydrogen) atoms. The molecule has 2 rings (SSSR count). The number of hydrogen-bond acceptors (Lipinski definition) is 3. The zero-order valence-corrected chi connectivity index (χ0v) is 14.0. The second-order valence-corrected chi connectivity index (χ2v) is 6.52. The van der Waals surface area contributed by atoms with Crippen molar-refractivity contribution in [1.29, 1.82) is 0 Å². The molecule has 1 aromatic carbocycles. The van der Waals surface area contributed by atoms with E-state index in [9.17, 15) is 9.59 Å². The van der Waals surface area contributed by atoms with Crippen molar-refractivity contribution in [2.75, 3.05) is 0 Å². The Bertz CT molecular complexity index is 667. The maximum Gasteiger partial charge on any atom is 0.280 e. The van der Waals surface area contributed by atoms with Crippen molar-refractivity contribution < 1.29 is 9.59 Å². The summed E-state index contributed by atoms with van der Waals surface area (Å²) in [7, 11) is 0. The highest BCUT2D eigenvalue weighted by Crippen LogP contribution is 2.24. The normalized spacial score (nSPS) is 10.5. The molecule has 2 aromatic rings. The molecule has 6 heteroatoms. The number of carbonyl (C=O) groups excluding carboxylic acids is 2. The van der Waals surface area contributed by atoms with Crippen molar-refractivity contribution in [3.05, 3.63) is 56.2 Å². The lowest BCUT2D eigenvalue weighted by atomic mass is 10.0. The molecule has 0 saturated carbocycles. The molecule has 0 aliphatic carbocycles. The Hall–Kier alpha value is -1.66. The van der Waals surface area contributed by atoms with Crippen LogP contribution < -0.4 is 10.9 Å². The second-order valence-electron chi connectivity index (χ2n) is 4.75. The Balaban J connectivity index is 2.03. The van der Waals surface area contributed by atoms with Gasteiger partial charge in [0.2, 0.25) is 0 Å². The van der Waals surface area contributed by atoms with Crippen LogP contribution in [0.1, 0.15) is 45.4 Å². The Kier molecular flexibility index (Phi) is 5.14. The Morgan fingerprint density at radius 3 is 2.43 bits per heavy atom. The van der Waals surface area contributed by atoms with Gasteiger partial charge in [-0.05, 0) is 51.0 Å². The number of hydrogen-bond donors (Lipinski definition) is 2. The van der Waals surface area contributed by atoms with Gasteiger partial charge in [0.25, 0.3) is 11.8 Å². The molecule has 0 saturated heterocycles. The van der Waals surface area contributed by atoms with Gasteiger partial charge in [-0.25, -0.2) is 0 Å². The number of thiophene rings is 1. The van der Waals surface area contributed by atoms with E-state index in [1.165, 1.54) is 11.3 Å². The first-order valence-electron chi connectivity index (χ1n) is 6.43. The fourth-order valence-electron chi connectivity index (χ4n) is 1.84. The van der Waals surface area contributed by atoms with Crippen LogP contribution in [0.3, 0.4) is 0 Å². The third-order valence-electron chi connectivity index (χ3n) is 2.93. The maximum absolute atomic E-state index is 12.1. The number of rotatable bonds is 3. The molecule has 110 valence electrons. The van der Waals surface area contributed by atoms with E-state index in [2.05, 4.69) is 26.8 Å².